The maximum Gasteiger partial charge on any atom is 0.0850 e. The molecule has 0 aliphatic carbocycles. The van der Waals surface area contributed by atoms with Gasteiger partial charge in [-0.25, -0.2) is 0 Å². The first-order valence-electron chi connectivity index (χ1n) is 6.19. The van der Waals surface area contributed by atoms with Gasteiger partial charge >= 0.3 is 0 Å². The summed E-state index contributed by atoms with van der Waals surface area (Å²) in [5.41, 5.74) is 1.11. The van der Waals surface area contributed by atoms with E-state index in [-0.39, 0.29) is 0 Å². The van der Waals surface area contributed by atoms with Crippen molar-refractivity contribution in [1.82, 2.24) is 9.78 Å². The number of nitrogens with zero attached hydrogens (tertiary/aromatic N) is 2. The predicted octanol–water partition coefficient (Wildman–Crippen LogP) is 2.98. The summed E-state index contributed by atoms with van der Waals surface area (Å²) in [5.74, 6) is 0.461. The van der Waals surface area contributed by atoms with Crippen molar-refractivity contribution in [3.63, 3.8) is 0 Å². The number of rotatable bonds is 5. The molecule has 0 bridgehead atoms. The summed E-state index contributed by atoms with van der Waals surface area (Å²) >= 11 is 6.28. The Kier molecular flexibility index (Phi) is 4.62. The van der Waals surface area contributed by atoms with Crippen LogP contribution in [0.15, 0.2) is 0 Å². The van der Waals surface area contributed by atoms with E-state index in [0.717, 1.165) is 24.2 Å². The maximum absolute atomic E-state index is 10.4. The lowest BCUT2D eigenvalue weighted by Crippen LogP contribution is -2.30. The van der Waals surface area contributed by atoms with Gasteiger partial charge in [0, 0.05) is 13.5 Å². The number of hydrogen-bond donors (Lipinski definition) is 1. The lowest BCUT2D eigenvalue weighted by atomic mass is 9.90. The molecule has 0 aliphatic rings. The highest BCUT2D eigenvalue weighted by atomic mass is 35.5. The molecule has 0 saturated carbocycles. The summed E-state index contributed by atoms with van der Waals surface area (Å²) in [6.07, 6.45) is 2.13. The van der Waals surface area contributed by atoms with Crippen molar-refractivity contribution in [2.45, 2.75) is 52.6 Å². The minimum absolute atomic E-state index is 0.461. The monoisotopic (exact) mass is 258 g/mol. The van der Waals surface area contributed by atoms with E-state index >= 15 is 0 Å². The lowest BCUT2D eigenvalue weighted by Gasteiger charge is -2.25. The number of halogens is 1. The van der Waals surface area contributed by atoms with Gasteiger partial charge < -0.3 is 5.11 Å². The Balaban J connectivity index is 2.91. The summed E-state index contributed by atoms with van der Waals surface area (Å²) in [7, 11) is 1.88. The molecule has 0 amide bonds. The van der Waals surface area contributed by atoms with Crippen LogP contribution in [-0.4, -0.2) is 20.5 Å². The van der Waals surface area contributed by atoms with Crippen molar-refractivity contribution >= 4 is 11.6 Å². The molecule has 98 valence electrons. The third-order valence-electron chi connectivity index (χ3n) is 2.90. The normalized spacial score (nSPS) is 15.3. The molecule has 1 atom stereocenters. The Morgan fingerprint density at radius 3 is 2.47 bits per heavy atom. The summed E-state index contributed by atoms with van der Waals surface area (Å²) in [6, 6.07) is 0. The largest absolute Gasteiger partial charge is 0.390 e. The first-order valence-corrected chi connectivity index (χ1v) is 6.57. The van der Waals surface area contributed by atoms with Crippen molar-refractivity contribution in [1.29, 1.82) is 0 Å². The first-order chi connectivity index (χ1) is 7.76. The molecule has 17 heavy (non-hydrogen) atoms. The van der Waals surface area contributed by atoms with Crippen LogP contribution in [-0.2, 0) is 19.9 Å². The zero-order valence-electron chi connectivity index (χ0n) is 11.4. The molecular formula is C13H23ClN2O. The molecule has 1 unspecified atom stereocenters. The molecule has 4 heteroatoms. The fourth-order valence-electron chi connectivity index (χ4n) is 2.32. The van der Waals surface area contributed by atoms with Crippen molar-refractivity contribution in [3.8, 4) is 0 Å². The van der Waals surface area contributed by atoms with Crippen molar-refractivity contribution in [2.75, 3.05) is 0 Å². The first kappa shape index (κ1) is 14.5. The fourth-order valence-corrected chi connectivity index (χ4v) is 2.68. The van der Waals surface area contributed by atoms with Gasteiger partial charge in [0.1, 0.15) is 0 Å². The lowest BCUT2D eigenvalue weighted by molar-refractivity contribution is 0.0371. The standard InChI is InChI=1S/C13H23ClN2O/c1-6-10-12(14)11(16(5)15-10)8-13(4,17)7-9(2)3/h9,17H,6-8H2,1-5H3. The van der Waals surface area contributed by atoms with E-state index in [2.05, 4.69) is 18.9 Å². The molecule has 0 aromatic carbocycles. The van der Waals surface area contributed by atoms with Crippen molar-refractivity contribution in [3.05, 3.63) is 16.4 Å². The summed E-state index contributed by atoms with van der Waals surface area (Å²) in [4.78, 5) is 0. The SMILES string of the molecule is CCc1nn(C)c(CC(C)(O)CC(C)C)c1Cl. The van der Waals surface area contributed by atoms with Gasteiger partial charge in [-0.2, -0.15) is 5.10 Å². The van der Waals surface area contributed by atoms with Gasteiger partial charge in [-0.15, -0.1) is 0 Å². The Morgan fingerprint density at radius 2 is 2.06 bits per heavy atom. The molecule has 0 aliphatic heterocycles. The average Bonchev–Trinajstić information content (AvgIpc) is 2.42. The van der Waals surface area contributed by atoms with Gasteiger partial charge in [0.05, 0.1) is 22.0 Å². The molecule has 0 fully saturated rings. The molecule has 0 spiro atoms. The van der Waals surface area contributed by atoms with Gasteiger partial charge in [0.2, 0.25) is 0 Å². The number of aromatic nitrogens is 2. The van der Waals surface area contributed by atoms with Crippen LogP contribution < -0.4 is 0 Å². The Labute approximate surface area is 109 Å². The smallest absolute Gasteiger partial charge is 0.0850 e. The second-order valence-corrected chi connectivity index (χ2v) is 5.83. The van der Waals surface area contributed by atoms with Crippen molar-refractivity contribution in [2.24, 2.45) is 13.0 Å². The highest BCUT2D eigenvalue weighted by Gasteiger charge is 2.26. The molecule has 0 saturated heterocycles. The Bertz CT molecular complexity index is 383. The number of aliphatic hydroxyl groups is 1. The average molecular weight is 259 g/mol. The zero-order valence-corrected chi connectivity index (χ0v) is 12.2. The molecular weight excluding hydrogens is 236 g/mol. The van der Waals surface area contributed by atoms with Gasteiger partial charge in [-0.3, -0.25) is 4.68 Å². The Hall–Kier alpha value is -0.540. The quantitative estimate of drug-likeness (QED) is 0.882. The minimum Gasteiger partial charge on any atom is -0.390 e. The summed E-state index contributed by atoms with van der Waals surface area (Å²) in [6.45, 7) is 8.11. The van der Waals surface area contributed by atoms with Crippen molar-refractivity contribution < 1.29 is 5.11 Å². The molecule has 1 heterocycles. The molecule has 1 N–H and O–H groups in total. The van der Waals surface area contributed by atoms with Crippen LogP contribution in [0.3, 0.4) is 0 Å². The molecule has 3 nitrogen and oxygen atoms in total. The van der Waals surface area contributed by atoms with Crippen LogP contribution in [0.25, 0.3) is 0 Å². The van der Waals surface area contributed by atoms with E-state index in [9.17, 15) is 5.11 Å². The van der Waals surface area contributed by atoms with Crippen LogP contribution in [0.2, 0.25) is 5.02 Å². The van der Waals surface area contributed by atoms with Crippen LogP contribution in [0.4, 0.5) is 0 Å². The predicted molar refractivity (Wildman–Crippen MR) is 71.4 cm³/mol. The van der Waals surface area contributed by atoms with Gasteiger partial charge in [-0.05, 0) is 25.7 Å². The van der Waals surface area contributed by atoms with Gasteiger partial charge in [-0.1, -0.05) is 32.4 Å². The van der Waals surface area contributed by atoms with E-state index in [0.29, 0.717) is 17.4 Å². The Morgan fingerprint density at radius 1 is 1.47 bits per heavy atom. The van der Waals surface area contributed by atoms with E-state index in [1.807, 2.05) is 20.9 Å². The molecule has 1 aromatic rings. The number of aryl methyl sites for hydroxylation is 2. The fraction of sp³-hybridized carbons (Fsp3) is 0.769. The van der Waals surface area contributed by atoms with Crippen LogP contribution in [0.1, 0.15) is 45.5 Å². The van der Waals surface area contributed by atoms with Gasteiger partial charge in [0.15, 0.2) is 0 Å². The maximum atomic E-state index is 10.4. The summed E-state index contributed by atoms with van der Waals surface area (Å²) < 4.78 is 1.79. The highest BCUT2D eigenvalue weighted by Crippen LogP contribution is 2.27. The second kappa shape index (κ2) is 5.40. The number of hydrogen-bond acceptors (Lipinski definition) is 2. The van der Waals surface area contributed by atoms with Crippen LogP contribution in [0, 0.1) is 5.92 Å². The molecule has 0 radical (unpaired) electrons. The topological polar surface area (TPSA) is 38.0 Å². The minimum atomic E-state index is -0.726. The summed E-state index contributed by atoms with van der Waals surface area (Å²) in [5, 5.41) is 15.4. The third-order valence-corrected chi connectivity index (χ3v) is 3.34. The van der Waals surface area contributed by atoms with Crippen LogP contribution >= 0.6 is 11.6 Å². The molecule has 1 aromatic heterocycles. The van der Waals surface area contributed by atoms with E-state index < -0.39 is 5.60 Å². The van der Waals surface area contributed by atoms with Crippen LogP contribution in [0.5, 0.6) is 0 Å². The third kappa shape index (κ3) is 3.71. The molecule has 1 rings (SSSR count). The van der Waals surface area contributed by atoms with E-state index in [4.69, 9.17) is 11.6 Å². The second-order valence-electron chi connectivity index (χ2n) is 5.46. The highest BCUT2D eigenvalue weighted by molar-refractivity contribution is 6.31. The van der Waals surface area contributed by atoms with E-state index in [1.165, 1.54) is 0 Å². The zero-order chi connectivity index (χ0) is 13.2. The van der Waals surface area contributed by atoms with Gasteiger partial charge in [0.25, 0.3) is 0 Å². The van der Waals surface area contributed by atoms with E-state index in [1.54, 1.807) is 4.68 Å².